The molecule has 2 aliphatic rings. The molecule has 96 valence electrons. The van der Waals surface area contributed by atoms with E-state index >= 15 is 0 Å². The number of halogens is 1. The maximum atomic E-state index is 12.1. The van der Waals surface area contributed by atoms with Crippen LogP contribution in [0.25, 0.3) is 0 Å². The number of carbonyl (C=O) groups excluding carboxylic acids is 1. The third-order valence-electron chi connectivity index (χ3n) is 3.60. The fourth-order valence-electron chi connectivity index (χ4n) is 2.60. The summed E-state index contributed by atoms with van der Waals surface area (Å²) in [5.41, 5.74) is 0. The average molecular weight is 311 g/mol. The maximum Gasteiger partial charge on any atom is 0.415 e. The van der Waals surface area contributed by atoms with Crippen LogP contribution in [0.15, 0.2) is 28.7 Å². The lowest BCUT2D eigenvalue weighted by atomic mass is 10.2. The zero-order valence-electron chi connectivity index (χ0n) is 10.0. The molecule has 2 heterocycles. The normalized spacial score (nSPS) is 26.2. The van der Waals surface area contributed by atoms with Crippen LogP contribution in [0.5, 0.6) is 5.75 Å². The Balaban J connectivity index is 1.66. The zero-order chi connectivity index (χ0) is 12.5. The van der Waals surface area contributed by atoms with Gasteiger partial charge in [0.25, 0.3) is 0 Å². The second kappa shape index (κ2) is 4.90. The summed E-state index contributed by atoms with van der Waals surface area (Å²) in [5, 5.41) is 0. The summed E-state index contributed by atoms with van der Waals surface area (Å²) < 4.78 is 6.39. The van der Waals surface area contributed by atoms with E-state index < -0.39 is 0 Å². The van der Waals surface area contributed by atoms with E-state index in [-0.39, 0.29) is 6.09 Å². The number of hydrogen-bond donors (Lipinski definition) is 0. The first-order chi connectivity index (χ1) is 8.72. The zero-order valence-corrected chi connectivity index (χ0v) is 11.6. The number of amides is 1. The van der Waals surface area contributed by atoms with Crippen molar-refractivity contribution in [3.05, 3.63) is 28.7 Å². The molecule has 18 heavy (non-hydrogen) atoms. The van der Waals surface area contributed by atoms with Crippen LogP contribution in [0.3, 0.4) is 0 Å². The highest BCUT2D eigenvalue weighted by atomic mass is 79.9. The van der Waals surface area contributed by atoms with Crippen molar-refractivity contribution in [2.75, 3.05) is 26.2 Å². The van der Waals surface area contributed by atoms with Gasteiger partial charge in [-0.3, -0.25) is 4.90 Å². The van der Waals surface area contributed by atoms with Gasteiger partial charge >= 0.3 is 6.09 Å². The minimum absolute atomic E-state index is 0.219. The molecule has 5 heteroatoms. The Morgan fingerprint density at radius 2 is 2.00 bits per heavy atom. The monoisotopic (exact) mass is 310 g/mol. The summed E-state index contributed by atoms with van der Waals surface area (Å²) in [5.74, 6) is 0.601. The molecule has 0 radical (unpaired) electrons. The van der Waals surface area contributed by atoms with E-state index in [9.17, 15) is 4.79 Å². The van der Waals surface area contributed by atoms with Crippen LogP contribution in [-0.4, -0.2) is 48.1 Å². The minimum atomic E-state index is -0.219. The summed E-state index contributed by atoms with van der Waals surface area (Å²) in [6.07, 6.45) is 0.846. The maximum absolute atomic E-state index is 12.1. The fourth-order valence-corrected chi connectivity index (χ4v) is 2.87. The molecule has 2 atom stereocenters. The number of fused-ring (bicyclic) bond motifs is 2. The average Bonchev–Trinajstić information content (AvgIpc) is 2.74. The van der Waals surface area contributed by atoms with Crippen molar-refractivity contribution in [2.45, 2.75) is 12.5 Å². The largest absolute Gasteiger partial charge is 0.415 e. The van der Waals surface area contributed by atoms with Crippen molar-refractivity contribution >= 4 is 22.0 Å². The van der Waals surface area contributed by atoms with Crippen LogP contribution in [0, 0.1) is 0 Å². The summed E-state index contributed by atoms with van der Waals surface area (Å²) >= 11 is 3.36. The Hall–Kier alpha value is -1.07. The molecule has 0 N–H and O–H groups in total. The van der Waals surface area contributed by atoms with Gasteiger partial charge in [0.15, 0.2) is 0 Å². The quantitative estimate of drug-likeness (QED) is 0.798. The molecule has 2 bridgehead atoms. The van der Waals surface area contributed by atoms with Crippen LogP contribution < -0.4 is 4.74 Å². The molecule has 4 nitrogen and oxygen atoms in total. The molecule has 2 aliphatic heterocycles. The lowest BCUT2D eigenvalue weighted by Crippen LogP contribution is -2.50. The Morgan fingerprint density at radius 3 is 2.78 bits per heavy atom. The standard InChI is InChI=1S/C13H15BrN2O2/c14-10-1-3-12(4-2-10)18-13(17)16-8-7-15-6-5-11(16)9-15/h1-4,11H,5-9H2/t11-/m0/s1. The minimum Gasteiger partial charge on any atom is -0.410 e. The molecule has 0 aromatic heterocycles. The first-order valence-electron chi connectivity index (χ1n) is 6.19. The van der Waals surface area contributed by atoms with E-state index in [0.717, 1.165) is 37.1 Å². The van der Waals surface area contributed by atoms with Gasteiger partial charge in [-0.15, -0.1) is 0 Å². The second-order valence-electron chi connectivity index (χ2n) is 4.76. The van der Waals surface area contributed by atoms with Gasteiger partial charge in [0.05, 0.1) is 0 Å². The van der Waals surface area contributed by atoms with Crippen molar-refractivity contribution in [3.8, 4) is 5.75 Å². The summed E-state index contributed by atoms with van der Waals surface area (Å²) in [4.78, 5) is 16.4. The van der Waals surface area contributed by atoms with Gasteiger partial charge in [-0.1, -0.05) is 15.9 Å². The third-order valence-corrected chi connectivity index (χ3v) is 4.13. The van der Waals surface area contributed by atoms with Crippen LogP contribution >= 0.6 is 15.9 Å². The van der Waals surface area contributed by atoms with E-state index in [1.165, 1.54) is 0 Å². The van der Waals surface area contributed by atoms with Crippen molar-refractivity contribution in [3.63, 3.8) is 0 Å². The number of rotatable bonds is 1. The molecule has 1 aromatic carbocycles. The number of benzene rings is 1. The fraction of sp³-hybridized carbons (Fsp3) is 0.462. The predicted molar refractivity (Wildman–Crippen MR) is 71.7 cm³/mol. The molecular formula is C13H15BrN2O2. The Kier molecular flexibility index (Phi) is 3.26. The molecule has 0 spiro atoms. The van der Waals surface area contributed by atoms with Crippen molar-refractivity contribution in [1.29, 1.82) is 0 Å². The molecule has 2 saturated heterocycles. The summed E-state index contributed by atoms with van der Waals surface area (Å²) in [6.45, 7) is 3.84. The van der Waals surface area contributed by atoms with Gasteiger partial charge in [-0.2, -0.15) is 0 Å². The van der Waals surface area contributed by atoms with Crippen molar-refractivity contribution < 1.29 is 9.53 Å². The van der Waals surface area contributed by atoms with Crippen molar-refractivity contribution in [2.24, 2.45) is 0 Å². The number of ether oxygens (including phenoxy) is 1. The first kappa shape index (κ1) is 12.0. The van der Waals surface area contributed by atoms with Gasteiger partial charge in [-0.25, -0.2) is 4.79 Å². The second-order valence-corrected chi connectivity index (χ2v) is 5.67. The highest BCUT2D eigenvalue weighted by Gasteiger charge is 2.35. The third kappa shape index (κ3) is 2.37. The molecule has 0 saturated carbocycles. The predicted octanol–water partition coefficient (Wildman–Crippen LogP) is 2.34. The van der Waals surface area contributed by atoms with Gasteiger partial charge in [0, 0.05) is 36.7 Å². The number of hydrogen-bond acceptors (Lipinski definition) is 3. The molecule has 1 unspecified atom stereocenters. The van der Waals surface area contributed by atoms with Gasteiger partial charge in [0.2, 0.25) is 0 Å². The number of carbonyl (C=O) groups is 1. The van der Waals surface area contributed by atoms with Gasteiger partial charge in [0.1, 0.15) is 5.75 Å². The highest BCUT2D eigenvalue weighted by Crippen LogP contribution is 2.22. The first-order valence-corrected chi connectivity index (χ1v) is 6.98. The Bertz CT molecular complexity index is 449. The lowest BCUT2D eigenvalue weighted by Gasteiger charge is -2.33. The van der Waals surface area contributed by atoms with Gasteiger partial charge < -0.3 is 9.64 Å². The molecule has 0 aliphatic carbocycles. The smallest absolute Gasteiger partial charge is 0.410 e. The SMILES string of the molecule is O=C(Oc1ccc(Br)cc1)N1CCN2CC[C@H]1C2. The van der Waals surface area contributed by atoms with Crippen LogP contribution in [0.1, 0.15) is 6.42 Å². The molecule has 1 amide bonds. The lowest BCUT2D eigenvalue weighted by molar-refractivity contribution is 0.109. The molecular weight excluding hydrogens is 296 g/mol. The van der Waals surface area contributed by atoms with E-state index in [0.29, 0.717) is 11.8 Å². The summed E-state index contributed by atoms with van der Waals surface area (Å²) in [6, 6.07) is 7.67. The topological polar surface area (TPSA) is 32.8 Å². The van der Waals surface area contributed by atoms with E-state index in [4.69, 9.17) is 4.74 Å². The molecule has 1 aromatic rings. The Morgan fingerprint density at radius 1 is 1.22 bits per heavy atom. The molecule has 3 rings (SSSR count). The number of piperazine rings is 1. The van der Waals surface area contributed by atoms with E-state index in [2.05, 4.69) is 20.8 Å². The Labute approximate surface area is 115 Å². The van der Waals surface area contributed by atoms with Gasteiger partial charge in [-0.05, 0) is 30.7 Å². The van der Waals surface area contributed by atoms with Crippen molar-refractivity contribution in [1.82, 2.24) is 9.80 Å². The van der Waals surface area contributed by atoms with Crippen LogP contribution in [-0.2, 0) is 0 Å². The number of nitrogens with zero attached hydrogens (tertiary/aromatic N) is 2. The summed E-state index contributed by atoms with van der Waals surface area (Å²) in [7, 11) is 0. The van der Waals surface area contributed by atoms with Crippen LogP contribution in [0.4, 0.5) is 4.79 Å². The van der Waals surface area contributed by atoms with E-state index in [1.54, 1.807) is 12.1 Å². The van der Waals surface area contributed by atoms with Crippen LogP contribution in [0.2, 0.25) is 0 Å². The highest BCUT2D eigenvalue weighted by molar-refractivity contribution is 9.10. The van der Waals surface area contributed by atoms with E-state index in [1.807, 2.05) is 17.0 Å². The molecule has 2 fully saturated rings.